The SMILES string of the molecule is CCN(CC(=O)Nc1ccc(SCc2ccccc2)cc1)C(=O)c1ccc(F)cc1. The van der Waals surface area contributed by atoms with Crippen LogP contribution in [0.2, 0.25) is 0 Å². The van der Waals surface area contributed by atoms with Gasteiger partial charge in [0.15, 0.2) is 0 Å². The summed E-state index contributed by atoms with van der Waals surface area (Å²) < 4.78 is 13.1. The molecule has 0 aliphatic heterocycles. The summed E-state index contributed by atoms with van der Waals surface area (Å²) >= 11 is 1.73. The van der Waals surface area contributed by atoms with Gasteiger partial charge < -0.3 is 10.2 Å². The van der Waals surface area contributed by atoms with Gasteiger partial charge in [-0.3, -0.25) is 9.59 Å². The van der Waals surface area contributed by atoms with E-state index in [2.05, 4.69) is 17.4 Å². The molecule has 3 aromatic carbocycles. The molecular formula is C24H23FN2O2S. The molecule has 0 aliphatic carbocycles. The van der Waals surface area contributed by atoms with Gasteiger partial charge in [0.1, 0.15) is 12.4 Å². The maximum absolute atomic E-state index is 13.1. The third-order valence-electron chi connectivity index (χ3n) is 4.48. The monoisotopic (exact) mass is 422 g/mol. The lowest BCUT2D eigenvalue weighted by Crippen LogP contribution is -2.37. The van der Waals surface area contributed by atoms with Crippen molar-refractivity contribution in [3.63, 3.8) is 0 Å². The molecule has 0 atom stereocenters. The molecule has 3 aromatic rings. The average Bonchev–Trinajstić information content (AvgIpc) is 2.78. The minimum absolute atomic E-state index is 0.0722. The van der Waals surface area contributed by atoms with Crippen LogP contribution in [-0.2, 0) is 10.5 Å². The molecule has 154 valence electrons. The molecule has 0 heterocycles. The predicted octanol–water partition coefficient (Wildman–Crippen LogP) is 5.22. The summed E-state index contributed by atoms with van der Waals surface area (Å²) in [5.41, 5.74) is 2.28. The number of amides is 2. The fourth-order valence-electron chi connectivity index (χ4n) is 2.85. The van der Waals surface area contributed by atoms with Gasteiger partial charge in [-0.25, -0.2) is 4.39 Å². The van der Waals surface area contributed by atoms with Crippen LogP contribution in [0, 0.1) is 5.82 Å². The Morgan fingerprint density at radius 1 is 0.933 bits per heavy atom. The number of hydrogen-bond donors (Lipinski definition) is 1. The Balaban J connectivity index is 1.53. The van der Waals surface area contributed by atoms with Gasteiger partial charge in [0.2, 0.25) is 5.91 Å². The van der Waals surface area contributed by atoms with Crippen molar-refractivity contribution in [1.82, 2.24) is 4.90 Å². The summed E-state index contributed by atoms with van der Waals surface area (Å²) in [5.74, 6) is -0.112. The van der Waals surface area contributed by atoms with Crippen LogP contribution < -0.4 is 5.32 Å². The van der Waals surface area contributed by atoms with Crippen molar-refractivity contribution in [1.29, 1.82) is 0 Å². The molecule has 4 nitrogen and oxygen atoms in total. The molecule has 6 heteroatoms. The van der Waals surface area contributed by atoms with Crippen molar-refractivity contribution in [3.05, 3.63) is 95.8 Å². The highest BCUT2D eigenvalue weighted by molar-refractivity contribution is 7.98. The fourth-order valence-corrected chi connectivity index (χ4v) is 3.71. The zero-order valence-electron chi connectivity index (χ0n) is 16.7. The molecule has 0 saturated carbocycles. The smallest absolute Gasteiger partial charge is 0.254 e. The van der Waals surface area contributed by atoms with Crippen LogP contribution in [0.5, 0.6) is 0 Å². The van der Waals surface area contributed by atoms with Crippen LogP contribution in [0.25, 0.3) is 0 Å². The lowest BCUT2D eigenvalue weighted by atomic mass is 10.2. The zero-order valence-corrected chi connectivity index (χ0v) is 17.5. The number of hydrogen-bond acceptors (Lipinski definition) is 3. The van der Waals surface area contributed by atoms with Gasteiger partial charge in [-0.1, -0.05) is 30.3 Å². The number of likely N-dealkylation sites (N-methyl/N-ethyl adjacent to an activating group) is 1. The van der Waals surface area contributed by atoms with E-state index in [1.165, 1.54) is 34.7 Å². The van der Waals surface area contributed by atoms with Crippen LogP contribution in [0.15, 0.2) is 83.8 Å². The van der Waals surface area contributed by atoms with Gasteiger partial charge in [-0.05, 0) is 61.0 Å². The van der Waals surface area contributed by atoms with E-state index in [9.17, 15) is 14.0 Å². The predicted molar refractivity (Wildman–Crippen MR) is 119 cm³/mol. The van der Waals surface area contributed by atoms with Crippen LogP contribution in [-0.4, -0.2) is 29.8 Å². The third kappa shape index (κ3) is 6.19. The second kappa shape index (κ2) is 10.6. The Morgan fingerprint density at radius 3 is 2.23 bits per heavy atom. The van der Waals surface area contributed by atoms with Crippen molar-refractivity contribution in [2.24, 2.45) is 0 Å². The molecule has 0 spiro atoms. The van der Waals surface area contributed by atoms with E-state index < -0.39 is 5.82 Å². The maximum Gasteiger partial charge on any atom is 0.254 e. The molecule has 0 fully saturated rings. The highest BCUT2D eigenvalue weighted by Crippen LogP contribution is 2.24. The molecule has 0 radical (unpaired) electrons. The summed E-state index contributed by atoms with van der Waals surface area (Å²) in [6.45, 7) is 2.10. The van der Waals surface area contributed by atoms with Crippen molar-refractivity contribution in [3.8, 4) is 0 Å². The number of nitrogens with one attached hydrogen (secondary N) is 1. The van der Waals surface area contributed by atoms with E-state index in [4.69, 9.17) is 0 Å². The number of carbonyl (C=O) groups is 2. The van der Waals surface area contributed by atoms with Gasteiger partial charge in [-0.15, -0.1) is 11.8 Å². The van der Waals surface area contributed by atoms with Gasteiger partial charge >= 0.3 is 0 Å². The average molecular weight is 423 g/mol. The highest BCUT2D eigenvalue weighted by Gasteiger charge is 2.17. The third-order valence-corrected chi connectivity index (χ3v) is 5.56. The molecule has 0 aliphatic rings. The van der Waals surface area contributed by atoms with Gasteiger partial charge in [-0.2, -0.15) is 0 Å². The van der Waals surface area contributed by atoms with E-state index in [-0.39, 0.29) is 18.4 Å². The Hall–Kier alpha value is -3.12. The number of thioether (sulfide) groups is 1. The van der Waals surface area contributed by atoms with E-state index in [0.717, 1.165) is 10.6 Å². The Labute approximate surface area is 180 Å². The molecule has 30 heavy (non-hydrogen) atoms. The fraction of sp³-hybridized carbons (Fsp3) is 0.167. The van der Waals surface area contributed by atoms with Crippen LogP contribution in [0.1, 0.15) is 22.8 Å². The van der Waals surface area contributed by atoms with Crippen LogP contribution in [0.4, 0.5) is 10.1 Å². The normalized spacial score (nSPS) is 10.5. The largest absolute Gasteiger partial charge is 0.330 e. The van der Waals surface area contributed by atoms with E-state index in [1.54, 1.807) is 18.7 Å². The summed E-state index contributed by atoms with van der Waals surface area (Å²) in [7, 11) is 0. The number of halogens is 1. The van der Waals surface area contributed by atoms with Gasteiger partial charge in [0.25, 0.3) is 5.91 Å². The molecular weight excluding hydrogens is 399 g/mol. The minimum Gasteiger partial charge on any atom is -0.330 e. The van der Waals surface area contributed by atoms with E-state index >= 15 is 0 Å². The molecule has 0 saturated heterocycles. The van der Waals surface area contributed by atoms with Crippen molar-refractivity contribution < 1.29 is 14.0 Å². The standard InChI is InChI=1S/C24H23FN2O2S/c1-2-27(24(29)19-8-10-20(25)11-9-19)16-23(28)26-21-12-14-22(15-13-21)30-17-18-6-4-3-5-7-18/h3-15H,2,16-17H2,1H3,(H,26,28). The van der Waals surface area contributed by atoms with Crippen molar-refractivity contribution >= 4 is 29.3 Å². The van der Waals surface area contributed by atoms with Crippen LogP contribution in [0.3, 0.4) is 0 Å². The number of rotatable bonds is 8. The summed E-state index contributed by atoms with van der Waals surface area (Å²) in [5, 5.41) is 2.82. The quantitative estimate of drug-likeness (QED) is 0.507. The van der Waals surface area contributed by atoms with Crippen molar-refractivity contribution in [2.45, 2.75) is 17.6 Å². The van der Waals surface area contributed by atoms with E-state index in [1.807, 2.05) is 42.5 Å². The first-order chi connectivity index (χ1) is 14.5. The lowest BCUT2D eigenvalue weighted by molar-refractivity contribution is -0.116. The Kier molecular flexibility index (Phi) is 7.63. The maximum atomic E-state index is 13.1. The van der Waals surface area contributed by atoms with Gasteiger partial charge in [0, 0.05) is 28.4 Å². The number of carbonyl (C=O) groups excluding carboxylic acids is 2. The number of nitrogens with zero attached hydrogens (tertiary/aromatic N) is 1. The number of benzene rings is 3. The van der Waals surface area contributed by atoms with Crippen molar-refractivity contribution in [2.75, 3.05) is 18.4 Å². The van der Waals surface area contributed by atoms with E-state index in [0.29, 0.717) is 17.8 Å². The molecule has 0 aromatic heterocycles. The summed E-state index contributed by atoms with van der Waals surface area (Å²) in [4.78, 5) is 27.5. The van der Waals surface area contributed by atoms with Gasteiger partial charge in [0.05, 0.1) is 0 Å². The first-order valence-electron chi connectivity index (χ1n) is 9.66. The molecule has 0 unspecified atom stereocenters. The summed E-state index contributed by atoms with van der Waals surface area (Å²) in [6, 6.07) is 23.2. The highest BCUT2D eigenvalue weighted by atomic mass is 32.2. The molecule has 1 N–H and O–H groups in total. The molecule has 3 rings (SSSR count). The second-order valence-electron chi connectivity index (χ2n) is 6.67. The number of anilines is 1. The minimum atomic E-state index is -0.405. The Bertz CT molecular complexity index is 976. The topological polar surface area (TPSA) is 49.4 Å². The van der Waals surface area contributed by atoms with Crippen LogP contribution >= 0.6 is 11.8 Å². The first-order valence-corrected chi connectivity index (χ1v) is 10.6. The lowest BCUT2D eigenvalue weighted by Gasteiger charge is -2.20. The zero-order chi connectivity index (χ0) is 21.3. The summed E-state index contributed by atoms with van der Waals surface area (Å²) in [6.07, 6.45) is 0. The molecule has 2 amide bonds. The molecule has 0 bridgehead atoms. The Morgan fingerprint density at radius 2 is 1.60 bits per heavy atom. The second-order valence-corrected chi connectivity index (χ2v) is 7.72. The first kappa shape index (κ1) is 21.6.